The van der Waals surface area contributed by atoms with Gasteiger partial charge in [-0.2, -0.15) is 12.1 Å². The topological polar surface area (TPSA) is 46.7 Å². The molecule has 7 aromatic carbocycles. The molecule has 0 saturated heterocycles. The molecule has 282 valence electrons. The van der Waals surface area contributed by atoms with Gasteiger partial charge in [0.2, 0.25) is 0 Å². The van der Waals surface area contributed by atoms with Gasteiger partial charge in [-0.15, -0.1) is 48.1 Å². The van der Waals surface area contributed by atoms with Gasteiger partial charge in [0.1, 0.15) is 17.0 Å². The van der Waals surface area contributed by atoms with E-state index in [4.69, 9.17) is 14.1 Å². The number of hydrogen-bond acceptors (Lipinski definition) is 5. The Hall–Kier alpha value is -6.62. The van der Waals surface area contributed by atoms with E-state index in [-0.39, 0.29) is 26.5 Å². The third-order valence-electron chi connectivity index (χ3n) is 11.8. The summed E-state index contributed by atoms with van der Waals surface area (Å²) in [4.78, 5) is 9.35. The van der Waals surface area contributed by atoms with Crippen LogP contribution in [0.2, 0.25) is 0 Å². The normalized spacial score (nSPS) is 13.9. The van der Waals surface area contributed by atoms with Crippen molar-refractivity contribution < 1.29 is 30.2 Å². The number of benzene rings is 7. The molecule has 10 aromatic rings. The van der Waals surface area contributed by atoms with Crippen LogP contribution in [0.4, 0.5) is 22.7 Å². The molecule has 4 bridgehead atoms. The van der Waals surface area contributed by atoms with Gasteiger partial charge >= 0.3 is 0 Å². The summed E-state index contributed by atoms with van der Waals surface area (Å²) in [5.41, 5.74) is 12.3. The van der Waals surface area contributed by atoms with Crippen LogP contribution in [0.25, 0.3) is 60.7 Å². The zero-order valence-corrected chi connectivity index (χ0v) is 33.8. The van der Waals surface area contributed by atoms with Gasteiger partial charge in [0.25, 0.3) is 0 Å². The van der Waals surface area contributed by atoms with Crippen molar-refractivity contribution in [2.24, 2.45) is 0 Å². The number of ether oxygens (including phenoxy) is 1. The summed E-state index contributed by atoms with van der Waals surface area (Å²) in [6, 6.07) is 60.1. The quantitative estimate of drug-likeness (QED) is 0.165. The fraction of sp³-hybridized carbons (Fsp3) is 0.0588. The molecule has 0 amide bonds. The van der Waals surface area contributed by atoms with Crippen LogP contribution in [0.1, 0.15) is 25.0 Å². The van der Waals surface area contributed by atoms with Gasteiger partial charge in [-0.3, -0.25) is 0 Å². The molecule has 7 heteroatoms. The van der Waals surface area contributed by atoms with E-state index in [0.29, 0.717) is 11.5 Å². The number of para-hydroxylation sites is 4. The first-order valence-corrected chi connectivity index (χ1v) is 19.2. The molecule has 0 aliphatic carbocycles. The van der Waals surface area contributed by atoms with E-state index < -0.39 is 0 Å². The first-order valence-electron chi connectivity index (χ1n) is 19.2. The summed E-state index contributed by atoms with van der Waals surface area (Å²) in [6.45, 7) is 6.67. The van der Waals surface area contributed by atoms with Crippen molar-refractivity contribution in [3.63, 3.8) is 0 Å². The SMILES string of the molecule is CC1(C)c2ccc(cc2)-c2cccc3c4ccc(Oc5[c-]c(N6[CH-]N(c7cccc8oc9ccccc9c78)c7ccccc76)ccc5)[c-]c4n(c23)-c2cc1ccn2.[Pt]. The average molecular weight is 929 g/mol. The minimum absolute atomic E-state index is 0. The van der Waals surface area contributed by atoms with Gasteiger partial charge in [-0.1, -0.05) is 98.2 Å². The summed E-state index contributed by atoms with van der Waals surface area (Å²) >= 11 is 0. The molecule has 3 aromatic heterocycles. The van der Waals surface area contributed by atoms with E-state index in [2.05, 4.69) is 156 Å². The van der Waals surface area contributed by atoms with Crippen LogP contribution in [0.15, 0.2) is 162 Å². The number of anilines is 4. The Morgan fingerprint density at radius 3 is 2.22 bits per heavy atom. The Kier molecular flexibility index (Phi) is 7.73. The molecule has 0 spiro atoms. The van der Waals surface area contributed by atoms with Crippen LogP contribution in [0.3, 0.4) is 0 Å². The molecule has 6 nitrogen and oxygen atoms in total. The number of furan rings is 1. The minimum Gasteiger partial charge on any atom is -0.509 e. The molecular weight excluding hydrogens is 896 g/mol. The van der Waals surface area contributed by atoms with Gasteiger partial charge in [-0.05, 0) is 64.5 Å². The van der Waals surface area contributed by atoms with Crippen molar-refractivity contribution in [1.82, 2.24) is 9.55 Å². The summed E-state index contributed by atoms with van der Waals surface area (Å²) in [7, 11) is 0. The van der Waals surface area contributed by atoms with Crippen LogP contribution in [0, 0.1) is 18.8 Å². The maximum Gasteiger partial charge on any atom is 0.137 e. The molecule has 0 atom stereocenters. The molecular formula is C51H33N4O2Pt-3. The second-order valence-electron chi connectivity index (χ2n) is 15.3. The number of hydrogen-bond donors (Lipinski definition) is 0. The van der Waals surface area contributed by atoms with E-state index >= 15 is 0 Å². The second kappa shape index (κ2) is 13.0. The van der Waals surface area contributed by atoms with Crippen LogP contribution in [-0.2, 0) is 26.5 Å². The van der Waals surface area contributed by atoms with Gasteiger partial charge < -0.3 is 23.5 Å². The number of aromatic nitrogens is 2. The van der Waals surface area contributed by atoms with Crippen molar-refractivity contribution in [3.8, 4) is 28.4 Å². The van der Waals surface area contributed by atoms with Crippen molar-refractivity contribution in [2.45, 2.75) is 19.3 Å². The first kappa shape index (κ1) is 34.6. The Bertz CT molecular complexity index is 3250. The van der Waals surface area contributed by atoms with Crippen LogP contribution < -0.4 is 14.5 Å². The molecule has 3 aliphatic heterocycles. The Labute approximate surface area is 349 Å². The first-order chi connectivity index (χ1) is 28.0. The van der Waals surface area contributed by atoms with E-state index in [9.17, 15) is 0 Å². The third kappa shape index (κ3) is 5.11. The maximum atomic E-state index is 6.64. The number of rotatable bonds is 4. The smallest absolute Gasteiger partial charge is 0.137 e. The van der Waals surface area contributed by atoms with Gasteiger partial charge in [0.15, 0.2) is 0 Å². The Balaban J connectivity index is 0.00000385. The summed E-state index contributed by atoms with van der Waals surface area (Å²) in [5.74, 6) is 2.04. The molecule has 0 N–H and O–H groups in total. The van der Waals surface area contributed by atoms with Gasteiger partial charge in [0, 0.05) is 83.1 Å². The molecule has 58 heavy (non-hydrogen) atoms. The molecule has 3 aliphatic rings. The Morgan fingerprint density at radius 2 is 1.34 bits per heavy atom. The van der Waals surface area contributed by atoms with E-state index in [1.165, 1.54) is 11.1 Å². The zero-order chi connectivity index (χ0) is 37.8. The maximum absolute atomic E-state index is 6.64. The number of nitrogens with zero attached hydrogens (tertiary/aromatic N) is 4. The van der Waals surface area contributed by atoms with Crippen molar-refractivity contribution >= 4 is 66.5 Å². The van der Waals surface area contributed by atoms with Gasteiger partial charge in [0.05, 0.1) is 0 Å². The van der Waals surface area contributed by atoms with Crippen LogP contribution >= 0.6 is 0 Å². The van der Waals surface area contributed by atoms with Crippen molar-refractivity contribution in [1.29, 1.82) is 0 Å². The predicted molar refractivity (Wildman–Crippen MR) is 229 cm³/mol. The Morgan fingerprint density at radius 1 is 0.621 bits per heavy atom. The summed E-state index contributed by atoms with van der Waals surface area (Å²) < 4.78 is 15.1. The van der Waals surface area contributed by atoms with E-state index in [0.717, 1.165) is 83.4 Å². The van der Waals surface area contributed by atoms with Crippen molar-refractivity contribution in [2.75, 3.05) is 9.80 Å². The monoisotopic (exact) mass is 928 g/mol. The van der Waals surface area contributed by atoms with Crippen LogP contribution in [-0.4, -0.2) is 9.55 Å². The summed E-state index contributed by atoms with van der Waals surface area (Å²) in [5, 5.41) is 4.39. The third-order valence-corrected chi connectivity index (χ3v) is 11.8. The van der Waals surface area contributed by atoms with E-state index in [1.54, 1.807) is 0 Å². The van der Waals surface area contributed by atoms with E-state index in [1.807, 2.05) is 48.7 Å². The molecule has 13 rings (SSSR count). The molecule has 0 saturated carbocycles. The predicted octanol–water partition coefficient (Wildman–Crippen LogP) is 13.2. The average Bonchev–Trinajstić information content (AvgIpc) is 3.93. The molecule has 0 radical (unpaired) electrons. The van der Waals surface area contributed by atoms with Crippen LogP contribution in [0.5, 0.6) is 11.5 Å². The minimum atomic E-state index is -0.209. The second-order valence-corrected chi connectivity index (χ2v) is 15.3. The fourth-order valence-corrected chi connectivity index (χ4v) is 8.86. The largest absolute Gasteiger partial charge is 0.509 e. The zero-order valence-electron chi connectivity index (χ0n) is 31.5. The standard InChI is InChI=1S/C51H33N4O2.Pt/c1-51(2)33-22-20-32(21-23-33)38-13-8-14-40-39-25-24-37(30-45(39)55(50(38)40)48-28-34(51)26-27-52-48)56-36-11-7-10-35(29-36)53-31-54(43-16-5-4-15-42(43)53)44-17-9-19-47-49(44)41-12-3-6-18-46(41)57-47;/h3-28,31H,1-2H3;/q-3;. The number of fused-ring (bicyclic) bond motifs is 8. The van der Waals surface area contributed by atoms with Gasteiger partial charge in [-0.25, -0.2) is 4.98 Å². The molecule has 0 unspecified atom stereocenters. The number of pyridine rings is 1. The molecule has 0 fully saturated rings. The van der Waals surface area contributed by atoms with Crippen molar-refractivity contribution in [3.05, 3.63) is 188 Å². The molecule has 6 heterocycles. The summed E-state index contributed by atoms with van der Waals surface area (Å²) in [6.07, 6.45) is 1.92. The fourth-order valence-electron chi connectivity index (χ4n) is 8.86.